The maximum Gasteiger partial charge on any atom is 0.124 e. The molecule has 1 aromatic rings. The van der Waals surface area contributed by atoms with E-state index in [1.54, 1.807) is 6.07 Å². The average molecular weight is 343 g/mol. The molecule has 0 amide bonds. The van der Waals surface area contributed by atoms with Crippen LogP contribution in [0.5, 0.6) is 0 Å². The summed E-state index contributed by atoms with van der Waals surface area (Å²) in [7, 11) is 2.00. The van der Waals surface area contributed by atoms with E-state index in [9.17, 15) is 4.39 Å². The highest BCUT2D eigenvalue weighted by atomic mass is 79.9. The van der Waals surface area contributed by atoms with Gasteiger partial charge in [0.15, 0.2) is 0 Å². The third-order valence-corrected chi connectivity index (χ3v) is 4.94. The summed E-state index contributed by atoms with van der Waals surface area (Å²) in [5, 5.41) is 3.43. The number of rotatable bonds is 5. The van der Waals surface area contributed by atoms with Crippen molar-refractivity contribution in [2.24, 2.45) is 0 Å². The molecule has 1 aliphatic heterocycles. The Morgan fingerprint density at radius 1 is 1.30 bits per heavy atom. The van der Waals surface area contributed by atoms with Crippen LogP contribution in [0.4, 0.5) is 4.39 Å². The zero-order valence-electron chi connectivity index (χ0n) is 12.5. The van der Waals surface area contributed by atoms with Crippen LogP contribution in [0.25, 0.3) is 0 Å². The maximum absolute atomic E-state index is 13.5. The Hall–Kier alpha value is -0.450. The second kappa shape index (κ2) is 6.54. The first-order valence-corrected chi connectivity index (χ1v) is 8.10. The Morgan fingerprint density at radius 2 is 1.95 bits per heavy atom. The van der Waals surface area contributed by atoms with Gasteiger partial charge in [0, 0.05) is 16.1 Å². The minimum absolute atomic E-state index is 0.0735. The Balaban J connectivity index is 2.15. The second-order valence-corrected chi connectivity index (χ2v) is 7.09. The van der Waals surface area contributed by atoms with Crippen LogP contribution in [0.3, 0.4) is 0 Å². The average Bonchev–Trinajstić information content (AvgIpc) is 2.89. The fourth-order valence-corrected chi connectivity index (χ4v) is 3.70. The van der Waals surface area contributed by atoms with Crippen molar-refractivity contribution < 1.29 is 4.39 Å². The van der Waals surface area contributed by atoms with Crippen molar-refractivity contribution in [1.29, 1.82) is 0 Å². The molecule has 1 N–H and O–H groups in total. The molecule has 0 aliphatic carbocycles. The van der Waals surface area contributed by atoms with E-state index in [4.69, 9.17) is 0 Å². The number of hydrogen-bond donors (Lipinski definition) is 1. The van der Waals surface area contributed by atoms with Crippen molar-refractivity contribution in [3.05, 3.63) is 34.1 Å². The molecular weight excluding hydrogens is 319 g/mol. The Morgan fingerprint density at radius 3 is 2.50 bits per heavy atom. The lowest BCUT2D eigenvalue weighted by Gasteiger charge is -2.42. The molecule has 0 saturated carbocycles. The summed E-state index contributed by atoms with van der Waals surface area (Å²) in [4.78, 5) is 2.54. The molecule has 0 radical (unpaired) electrons. The number of benzene rings is 1. The van der Waals surface area contributed by atoms with Crippen LogP contribution < -0.4 is 5.32 Å². The van der Waals surface area contributed by atoms with Crippen LogP contribution in [0.2, 0.25) is 0 Å². The van der Waals surface area contributed by atoms with Gasteiger partial charge in [-0.05, 0) is 77.0 Å². The summed E-state index contributed by atoms with van der Waals surface area (Å²) in [5.41, 5.74) is 1.10. The van der Waals surface area contributed by atoms with Gasteiger partial charge in [-0.2, -0.15) is 0 Å². The predicted molar refractivity (Wildman–Crippen MR) is 85.5 cm³/mol. The zero-order valence-corrected chi connectivity index (χ0v) is 14.1. The Labute approximate surface area is 129 Å². The first-order chi connectivity index (χ1) is 9.43. The standard InChI is InChI=1S/C16H24BrFN2/c1-16(2,20-6-4-5-7-20)15(19-3)10-12-8-13(17)11-14(18)9-12/h8-9,11,15,19H,4-7,10H2,1-3H3. The molecule has 1 aliphatic rings. The highest BCUT2D eigenvalue weighted by molar-refractivity contribution is 9.10. The number of likely N-dealkylation sites (tertiary alicyclic amines) is 1. The largest absolute Gasteiger partial charge is 0.315 e. The summed E-state index contributed by atoms with van der Waals surface area (Å²) in [6, 6.07) is 5.45. The molecule has 20 heavy (non-hydrogen) atoms. The molecule has 1 aromatic carbocycles. The van der Waals surface area contributed by atoms with E-state index in [0.717, 1.165) is 29.5 Å². The monoisotopic (exact) mass is 342 g/mol. The van der Waals surface area contributed by atoms with Crippen molar-refractivity contribution >= 4 is 15.9 Å². The zero-order chi connectivity index (χ0) is 14.8. The van der Waals surface area contributed by atoms with Gasteiger partial charge < -0.3 is 5.32 Å². The van der Waals surface area contributed by atoms with Gasteiger partial charge in [0.05, 0.1) is 0 Å². The topological polar surface area (TPSA) is 15.3 Å². The predicted octanol–water partition coefficient (Wildman–Crippen LogP) is 3.59. The molecule has 1 heterocycles. The Kier molecular flexibility index (Phi) is 5.21. The number of nitrogens with one attached hydrogen (secondary N) is 1. The van der Waals surface area contributed by atoms with Gasteiger partial charge in [-0.25, -0.2) is 4.39 Å². The molecule has 4 heteroatoms. The second-order valence-electron chi connectivity index (χ2n) is 6.17. The number of likely N-dealkylation sites (N-methyl/N-ethyl adjacent to an activating group) is 1. The molecule has 0 spiro atoms. The van der Waals surface area contributed by atoms with Crippen LogP contribution >= 0.6 is 15.9 Å². The normalized spacial score (nSPS) is 18.4. The van der Waals surface area contributed by atoms with E-state index in [2.05, 4.69) is 40.0 Å². The minimum Gasteiger partial charge on any atom is -0.315 e. The highest BCUT2D eigenvalue weighted by Crippen LogP contribution is 2.27. The number of hydrogen-bond acceptors (Lipinski definition) is 2. The summed E-state index contributed by atoms with van der Waals surface area (Å²) in [5.74, 6) is -0.178. The highest BCUT2D eigenvalue weighted by Gasteiger charge is 2.35. The van der Waals surface area contributed by atoms with Crippen LogP contribution in [-0.2, 0) is 6.42 Å². The van der Waals surface area contributed by atoms with Crippen LogP contribution in [0, 0.1) is 5.82 Å². The van der Waals surface area contributed by atoms with Crippen LogP contribution in [0.15, 0.2) is 22.7 Å². The molecule has 1 saturated heterocycles. The third-order valence-electron chi connectivity index (χ3n) is 4.48. The first kappa shape index (κ1) is 15.9. The summed E-state index contributed by atoms with van der Waals surface area (Å²) in [6.07, 6.45) is 3.40. The van der Waals surface area contributed by atoms with Gasteiger partial charge in [-0.3, -0.25) is 4.90 Å². The van der Waals surface area contributed by atoms with Gasteiger partial charge in [0.25, 0.3) is 0 Å². The SMILES string of the molecule is CNC(Cc1cc(F)cc(Br)c1)C(C)(C)N1CCCC1. The Bertz CT molecular complexity index is 436. The molecular formula is C16H24BrFN2. The van der Waals surface area contributed by atoms with Crippen molar-refractivity contribution in [1.82, 2.24) is 10.2 Å². The van der Waals surface area contributed by atoms with Crippen molar-refractivity contribution in [3.8, 4) is 0 Å². The molecule has 1 atom stereocenters. The van der Waals surface area contributed by atoms with Gasteiger partial charge in [-0.15, -0.1) is 0 Å². The molecule has 0 bridgehead atoms. The molecule has 112 valence electrons. The molecule has 2 nitrogen and oxygen atoms in total. The summed E-state index contributed by atoms with van der Waals surface area (Å²) >= 11 is 3.37. The minimum atomic E-state index is -0.178. The lowest BCUT2D eigenvalue weighted by molar-refractivity contribution is 0.110. The molecule has 1 fully saturated rings. The van der Waals surface area contributed by atoms with Crippen LogP contribution in [0.1, 0.15) is 32.3 Å². The maximum atomic E-state index is 13.5. The van der Waals surface area contributed by atoms with Crippen LogP contribution in [-0.4, -0.2) is 36.6 Å². The van der Waals surface area contributed by atoms with E-state index in [1.807, 2.05) is 13.1 Å². The van der Waals surface area contributed by atoms with E-state index in [0.29, 0.717) is 6.04 Å². The molecule has 1 unspecified atom stereocenters. The fourth-order valence-electron chi connectivity index (χ4n) is 3.18. The van der Waals surface area contributed by atoms with Gasteiger partial charge in [0.2, 0.25) is 0 Å². The summed E-state index contributed by atoms with van der Waals surface area (Å²) < 4.78 is 14.3. The quantitative estimate of drug-likeness (QED) is 0.879. The van der Waals surface area contributed by atoms with E-state index in [1.165, 1.54) is 18.9 Å². The third kappa shape index (κ3) is 3.60. The van der Waals surface area contributed by atoms with E-state index in [-0.39, 0.29) is 11.4 Å². The van der Waals surface area contributed by atoms with Gasteiger partial charge in [-0.1, -0.05) is 15.9 Å². The van der Waals surface area contributed by atoms with E-state index >= 15 is 0 Å². The number of nitrogens with zero attached hydrogens (tertiary/aromatic N) is 1. The fraction of sp³-hybridized carbons (Fsp3) is 0.625. The smallest absolute Gasteiger partial charge is 0.124 e. The van der Waals surface area contributed by atoms with Crippen molar-refractivity contribution in [3.63, 3.8) is 0 Å². The van der Waals surface area contributed by atoms with Gasteiger partial charge in [0.1, 0.15) is 5.82 Å². The molecule has 2 rings (SSSR count). The number of halogens is 2. The lowest BCUT2D eigenvalue weighted by atomic mass is 9.87. The first-order valence-electron chi connectivity index (χ1n) is 7.31. The summed E-state index contributed by atoms with van der Waals surface area (Å²) in [6.45, 7) is 6.90. The van der Waals surface area contributed by atoms with Gasteiger partial charge >= 0.3 is 0 Å². The van der Waals surface area contributed by atoms with Crippen molar-refractivity contribution in [2.45, 2.75) is 44.7 Å². The van der Waals surface area contributed by atoms with E-state index < -0.39 is 0 Å². The lowest BCUT2D eigenvalue weighted by Crippen LogP contribution is -2.57. The van der Waals surface area contributed by atoms with Crippen molar-refractivity contribution in [2.75, 3.05) is 20.1 Å². The molecule has 0 aromatic heterocycles.